The lowest BCUT2D eigenvalue weighted by molar-refractivity contribution is -0.142. The van der Waals surface area contributed by atoms with E-state index in [-0.39, 0.29) is 5.97 Å². The van der Waals surface area contributed by atoms with E-state index in [4.69, 9.17) is 16.3 Å². The van der Waals surface area contributed by atoms with Gasteiger partial charge in [-0.3, -0.25) is 4.79 Å². The molecule has 0 rings (SSSR count). The zero-order chi connectivity index (χ0) is 8.53. The molecule has 0 N–H and O–H groups in total. The third kappa shape index (κ3) is 8.01. The molecule has 0 aromatic carbocycles. The van der Waals surface area contributed by atoms with Crippen molar-refractivity contribution in [2.24, 2.45) is 0 Å². The number of carbonyl (C=O) groups is 1. The van der Waals surface area contributed by atoms with Crippen LogP contribution >= 0.6 is 23.4 Å². The Morgan fingerprint density at radius 1 is 1.55 bits per heavy atom. The first-order valence-electron chi connectivity index (χ1n) is 3.60. The van der Waals surface area contributed by atoms with E-state index < -0.39 is 0 Å². The van der Waals surface area contributed by atoms with Gasteiger partial charge in [-0.05, 0) is 0 Å². The van der Waals surface area contributed by atoms with Crippen molar-refractivity contribution in [1.82, 2.24) is 0 Å². The molecular formula is C7H13ClO2S. The molecule has 4 heteroatoms. The van der Waals surface area contributed by atoms with Crippen LogP contribution in [-0.4, -0.2) is 30.0 Å². The molecular weight excluding hydrogens is 184 g/mol. The predicted octanol–water partition coefficient (Wildman–Crippen LogP) is 1.91. The van der Waals surface area contributed by atoms with Crippen molar-refractivity contribution in [3.63, 3.8) is 0 Å². The highest BCUT2D eigenvalue weighted by Crippen LogP contribution is 2.00. The van der Waals surface area contributed by atoms with Gasteiger partial charge < -0.3 is 4.74 Å². The number of esters is 1. The second kappa shape index (κ2) is 8.21. The van der Waals surface area contributed by atoms with Crippen molar-refractivity contribution in [1.29, 1.82) is 0 Å². The number of thioether (sulfide) groups is 1. The lowest BCUT2D eigenvalue weighted by Gasteiger charge is -2.01. The van der Waals surface area contributed by atoms with Gasteiger partial charge in [0.05, 0.1) is 0 Å². The van der Waals surface area contributed by atoms with E-state index >= 15 is 0 Å². The quantitative estimate of drug-likeness (QED) is 0.369. The Labute approximate surface area is 76.6 Å². The van der Waals surface area contributed by atoms with E-state index in [9.17, 15) is 4.79 Å². The van der Waals surface area contributed by atoms with Crippen LogP contribution in [0.25, 0.3) is 0 Å². The molecule has 0 amide bonds. The topological polar surface area (TPSA) is 26.3 Å². The molecule has 0 aliphatic rings. The molecule has 0 fully saturated rings. The molecule has 0 saturated carbocycles. The van der Waals surface area contributed by atoms with Crippen molar-refractivity contribution >= 4 is 29.3 Å². The summed E-state index contributed by atoms with van der Waals surface area (Å²) in [6, 6.07) is 0. The number of hydrogen-bond acceptors (Lipinski definition) is 3. The van der Waals surface area contributed by atoms with Crippen LogP contribution in [-0.2, 0) is 9.53 Å². The Balaban J connectivity index is 2.95. The van der Waals surface area contributed by atoms with E-state index in [0.717, 1.165) is 11.5 Å². The smallest absolute Gasteiger partial charge is 0.305 e. The summed E-state index contributed by atoms with van der Waals surface area (Å²) in [6.45, 7) is 2.29. The fourth-order valence-corrected chi connectivity index (χ4v) is 1.31. The number of carbonyl (C=O) groups excluding carboxylic acids is 1. The first kappa shape index (κ1) is 11.1. The summed E-state index contributed by atoms with van der Waals surface area (Å²) in [5.74, 6) is 2.30. The monoisotopic (exact) mass is 196 g/mol. The van der Waals surface area contributed by atoms with Crippen LogP contribution < -0.4 is 0 Å². The molecule has 0 radical (unpaired) electrons. The van der Waals surface area contributed by atoms with Gasteiger partial charge in [0.15, 0.2) is 0 Å². The van der Waals surface area contributed by atoms with Gasteiger partial charge in [-0.15, -0.1) is 11.6 Å². The maximum Gasteiger partial charge on any atom is 0.305 e. The molecule has 0 saturated heterocycles. The first-order chi connectivity index (χ1) is 5.31. The molecule has 66 valence electrons. The molecule has 0 aliphatic carbocycles. The van der Waals surface area contributed by atoms with E-state index in [0.29, 0.717) is 18.9 Å². The van der Waals surface area contributed by atoms with Gasteiger partial charge in [0.25, 0.3) is 0 Å². The third-order valence-electron chi connectivity index (χ3n) is 1.00. The highest BCUT2D eigenvalue weighted by Gasteiger charge is 1.96. The minimum absolute atomic E-state index is 0.128. The number of rotatable bonds is 6. The summed E-state index contributed by atoms with van der Waals surface area (Å²) < 4.78 is 4.83. The van der Waals surface area contributed by atoms with Crippen LogP contribution in [0, 0.1) is 0 Å². The number of ether oxygens (including phenoxy) is 1. The molecule has 0 aromatic rings. The van der Waals surface area contributed by atoms with E-state index in [1.54, 1.807) is 18.7 Å². The zero-order valence-corrected chi connectivity index (χ0v) is 8.21. The summed E-state index contributed by atoms with van der Waals surface area (Å²) in [4.78, 5) is 10.6. The molecule has 2 nitrogen and oxygen atoms in total. The van der Waals surface area contributed by atoms with Crippen molar-refractivity contribution in [2.45, 2.75) is 13.3 Å². The SMILES string of the molecule is CCC(=O)OCCSCCCl. The summed E-state index contributed by atoms with van der Waals surface area (Å²) in [6.07, 6.45) is 0.459. The summed E-state index contributed by atoms with van der Waals surface area (Å²) >= 11 is 7.14. The second-order valence-electron chi connectivity index (χ2n) is 1.88. The molecule has 0 aliphatic heterocycles. The maximum atomic E-state index is 10.6. The highest BCUT2D eigenvalue weighted by atomic mass is 35.5. The van der Waals surface area contributed by atoms with Crippen LogP contribution in [0.1, 0.15) is 13.3 Å². The van der Waals surface area contributed by atoms with E-state index in [1.165, 1.54) is 0 Å². The Hall–Kier alpha value is 0.110. The summed E-state index contributed by atoms with van der Waals surface area (Å²) in [5, 5.41) is 0. The van der Waals surface area contributed by atoms with Crippen LogP contribution in [0.5, 0.6) is 0 Å². The minimum atomic E-state index is -0.128. The summed E-state index contributed by atoms with van der Waals surface area (Å²) in [7, 11) is 0. The molecule has 0 atom stereocenters. The van der Waals surface area contributed by atoms with Crippen LogP contribution in [0.15, 0.2) is 0 Å². The Bertz CT molecular complexity index is 109. The molecule has 0 bridgehead atoms. The predicted molar refractivity (Wildman–Crippen MR) is 49.3 cm³/mol. The van der Waals surface area contributed by atoms with Gasteiger partial charge in [0.1, 0.15) is 6.61 Å². The third-order valence-corrected chi connectivity index (χ3v) is 2.36. The normalized spacial score (nSPS) is 9.64. The lowest BCUT2D eigenvalue weighted by Crippen LogP contribution is -2.05. The number of halogens is 1. The van der Waals surface area contributed by atoms with Crippen LogP contribution in [0.2, 0.25) is 0 Å². The van der Waals surface area contributed by atoms with Gasteiger partial charge in [0, 0.05) is 23.8 Å². The molecule has 0 unspecified atom stereocenters. The van der Waals surface area contributed by atoms with Crippen molar-refractivity contribution in [3.8, 4) is 0 Å². The fourth-order valence-electron chi connectivity index (χ4n) is 0.473. The second-order valence-corrected chi connectivity index (χ2v) is 3.48. The van der Waals surface area contributed by atoms with Crippen LogP contribution in [0.4, 0.5) is 0 Å². The van der Waals surface area contributed by atoms with Gasteiger partial charge >= 0.3 is 5.97 Å². The number of alkyl halides is 1. The largest absolute Gasteiger partial charge is 0.465 e. The van der Waals surface area contributed by atoms with Gasteiger partial charge in [-0.1, -0.05) is 6.92 Å². The van der Waals surface area contributed by atoms with Crippen molar-refractivity contribution in [3.05, 3.63) is 0 Å². The van der Waals surface area contributed by atoms with Crippen molar-refractivity contribution in [2.75, 3.05) is 24.0 Å². The van der Waals surface area contributed by atoms with E-state index in [1.807, 2.05) is 0 Å². The lowest BCUT2D eigenvalue weighted by atomic mass is 10.5. The van der Waals surface area contributed by atoms with Gasteiger partial charge in [-0.2, -0.15) is 11.8 Å². The Morgan fingerprint density at radius 3 is 2.82 bits per heavy atom. The Morgan fingerprint density at radius 2 is 2.27 bits per heavy atom. The summed E-state index contributed by atoms with van der Waals surface area (Å²) in [5.41, 5.74) is 0. The average molecular weight is 197 g/mol. The first-order valence-corrected chi connectivity index (χ1v) is 5.29. The molecule has 0 aromatic heterocycles. The molecule has 0 heterocycles. The minimum Gasteiger partial charge on any atom is -0.465 e. The van der Waals surface area contributed by atoms with Crippen molar-refractivity contribution < 1.29 is 9.53 Å². The molecule has 0 spiro atoms. The zero-order valence-electron chi connectivity index (χ0n) is 6.64. The number of hydrogen-bond donors (Lipinski definition) is 0. The standard InChI is InChI=1S/C7H13ClO2S/c1-2-7(9)10-4-6-11-5-3-8/h2-6H2,1H3. The van der Waals surface area contributed by atoms with E-state index in [2.05, 4.69) is 0 Å². The highest BCUT2D eigenvalue weighted by molar-refractivity contribution is 7.99. The van der Waals surface area contributed by atoms with Crippen LogP contribution in [0.3, 0.4) is 0 Å². The average Bonchev–Trinajstić information content (AvgIpc) is 2.04. The fraction of sp³-hybridized carbons (Fsp3) is 0.857. The molecule has 11 heavy (non-hydrogen) atoms. The maximum absolute atomic E-state index is 10.6. The Kier molecular flexibility index (Phi) is 8.29. The van der Waals surface area contributed by atoms with Gasteiger partial charge in [0.2, 0.25) is 0 Å². The van der Waals surface area contributed by atoms with Gasteiger partial charge in [-0.25, -0.2) is 0 Å².